The van der Waals surface area contributed by atoms with Gasteiger partial charge in [0.05, 0.1) is 4.90 Å². The molecule has 2 rings (SSSR count). The molecule has 1 aliphatic carbocycles. The predicted molar refractivity (Wildman–Crippen MR) is 89.1 cm³/mol. The molecule has 1 aromatic rings. The first-order valence-corrected chi connectivity index (χ1v) is 10.2. The third-order valence-electron chi connectivity index (χ3n) is 4.00. The average Bonchev–Trinajstić information content (AvgIpc) is 2.48. The Morgan fingerprint density at radius 2 is 1.81 bits per heavy atom. The van der Waals surface area contributed by atoms with E-state index >= 15 is 0 Å². The first-order valence-electron chi connectivity index (χ1n) is 7.39. The Morgan fingerprint density at radius 1 is 1.19 bits per heavy atom. The van der Waals surface area contributed by atoms with Crippen LogP contribution in [0.1, 0.15) is 31.2 Å². The topological polar surface area (TPSA) is 72.2 Å². The van der Waals surface area contributed by atoms with E-state index in [0.29, 0.717) is 16.7 Å². The van der Waals surface area contributed by atoms with E-state index in [-0.39, 0.29) is 6.04 Å². The van der Waals surface area contributed by atoms with Gasteiger partial charge in [0.2, 0.25) is 10.0 Å². The minimum Gasteiger partial charge on any atom is -0.330 e. The van der Waals surface area contributed by atoms with Crippen molar-refractivity contribution in [3.05, 3.63) is 29.8 Å². The van der Waals surface area contributed by atoms with E-state index in [1.165, 1.54) is 0 Å². The van der Waals surface area contributed by atoms with Crippen LogP contribution in [-0.4, -0.2) is 32.5 Å². The molecule has 0 atom stereocenters. The van der Waals surface area contributed by atoms with Crippen LogP contribution in [-0.2, 0) is 16.4 Å². The number of hydrogen-bond donors (Lipinski definition) is 2. The number of rotatable bonds is 6. The molecule has 1 fully saturated rings. The highest BCUT2D eigenvalue weighted by molar-refractivity contribution is 7.99. The minimum atomic E-state index is -3.40. The van der Waals surface area contributed by atoms with Crippen molar-refractivity contribution in [1.82, 2.24) is 4.72 Å². The van der Waals surface area contributed by atoms with Gasteiger partial charge in [-0.1, -0.05) is 12.1 Å². The summed E-state index contributed by atoms with van der Waals surface area (Å²) in [5.74, 6) is 0. The molecule has 21 heavy (non-hydrogen) atoms. The Bertz CT molecular complexity index is 535. The molecule has 0 bridgehead atoms. The fraction of sp³-hybridized carbons (Fsp3) is 0.600. The van der Waals surface area contributed by atoms with Gasteiger partial charge in [-0.05, 0) is 62.6 Å². The molecule has 118 valence electrons. The van der Waals surface area contributed by atoms with E-state index in [9.17, 15) is 8.42 Å². The van der Waals surface area contributed by atoms with E-state index < -0.39 is 10.0 Å². The molecule has 0 radical (unpaired) electrons. The Balaban J connectivity index is 1.98. The Labute approximate surface area is 131 Å². The van der Waals surface area contributed by atoms with E-state index in [4.69, 9.17) is 5.73 Å². The number of hydrogen-bond acceptors (Lipinski definition) is 4. The molecule has 4 nitrogen and oxygen atoms in total. The summed E-state index contributed by atoms with van der Waals surface area (Å²) in [5, 5.41) is 0.682. The van der Waals surface area contributed by atoms with Crippen molar-refractivity contribution in [2.24, 2.45) is 5.73 Å². The van der Waals surface area contributed by atoms with Crippen LogP contribution in [0.3, 0.4) is 0 Å². The number of benzene rings is 1. The first-order chi connectivity index (χ1) is 10.0. The summed E-state index contributed by atoms with van der Waals surface area (Å²) in [5.41, 5.74) is 6.56. The van der Waals surface area contributed by atoms with Gasteiger partial charge in [-0.25, -0.2) is 13.1 Å². The molecule has 3 N–H and O–H groups in total. The van der Waals surface area contributed by atoms with Crippen LogP contribution in [0.2, 0.25) is 0 Å². The van der Waals surface area contributed by atoms with Gasteiger partial charge in [0, 0.05) is 11.3 Å². The highest BCUT2D eigenvalue weighted by Gasteiger charge is 2.25. The lowest BCUT2D eigenvalue weighted by molar-refractivity contribution is 0.420. The van der Waals surface area contributed by atoms with Gasteiger partial charge in [0.25, 0.3) is 0 Å². The number of thioether (sulfide) groups is 1. The summed E-state index contributed by atoms with van der Waals surface area (Å²) in [7, 11) is -3.40. The fourth-order valence-corrected chi connectivity index (χ4v) is 4.75. The molecule has 1 aliphatic rings. The standard InChI is InChI=1S/C15H24N2O2S2/c1-20-14-6-4-13(5-7-14)17-21(18,19)15-8-2-12(3-9-15)10-11-16/h2-3,8-9,13-14,17H,4-7,10-11,16H2,1H3. The van der Waals surface area contributed by atoms with Crippen LogP contribution in [0, 0.1) is 0 Å². The van der Waals surface area contributed by atoms with Gasteiger partial charge >= 0.3 is 0 Å². The summed E-state index contributed by atoms with van der Waals surface area (Å²) in [4.78, 5) is 0.343. The lowest BCUT2D eigenvalue weighted by atomic mass is 9.96. The summed E-state index contributed by atoms with van der Waals surface area (Å²) < 4.78 is 27.6. The Morgan fingerprint density at radius 3 is 2.33 bits per heavy atom. The predicted octanol–water partition coefficient (Wildman–Crippen LogP) is 2.14. The average molecular weight is 329 g/mol. The molecule has 0 spiro atoms. The zero-order chi connectivity index (χ0) is 15.3. The molecular formula is C15H24N2O2S2. The second-order valence-electron chi connectivity index (χ2n) is 5.51. The molecule has 0 heterocycles. The van der Waals surface area contributed by atoms with Crippen LogP contribution in [0.25, 0.3) is 0 Å². The van der Waals surface area contributed by atoms with Crippen LogP contribution in [0.5, 0.6) is 0 Å². The maximum absolute atomic E-state index is 12.4. The monoisotopic (exact) mass is 328 g/mol. The van der Waals surface area contributed by atoms with Crippen LogP contribution >= 0.6 is 11.8 Å². The quantitative estimate of drug-likeness (QED) is 0.839. The zero-order valence-corrected chi connectivity index (χ0v) is 14.1. The highest BCUT2D eigenvalue weighted by atomic mass is 32.2. The minimum absolute atomic E-state index is 0.0714. The van der Waals surface area contributed by atoms with E-state index in [1.807, 2.05) is 23.9 Å². The van der Waals surface area contributed by atoms with Crippen molar-refractivity contribution in [3.8, 4) is 0 Å². The Hall–Kier alpha value is -0.560. The summed E-state index contributed by atoms with van der Waals surface area (Å²) in [6.07, 6.45) is 6.92. The van der Waals surface area contributed by atoms with Crippen molar-refractivity contribution in [1.29, 1.82) is 0 Å². The zero-order valence-electron chi connectivity index (χ0n) is 12.4. The molecule has 0 aromatic heterocycles. The molecule has 0 unspecified atom stereocenters. The smallest absolute Gasteiger partial charge is 0.240 e. The van der Waals surface area contributed by atoms with Crippen LogP contribution < -0.4 is 10.5 Å². The van der Waals surface area contributed by atoms with E-state index in [0.717, 1.165) is 37.7 Å². The normalized spacial score (nSPS) is 23.1. The van der Waals surface area contributed by atoms with Gasteiger partial charge in [0.1, 0.15) is 0 Å². The fourth-order valence-electron chi connectivity index (χ4n) is 2.71. The van der Waals surface area contributed by atoms with Crippen molar-refractivity contribution < 1.29 is 8.42 Å². The summed E-state index contributed by atoms with van der Waals surface area (Å²) >= 11 is 1.88. The summed E-state index contributed by atoms with van der Waals surface area (Å²) in [6, 6.07) is 7.09. The largest absolute Gasteiger partial charge is 0.330 e. The van der Waals surface area contributed by atoms with Crippen LogP contribution in [0.15, 0.2) is 29.2 Å². The van der Waals surface area contributed by atoms with Gasteiger partial charge < -0.3 is 5.73 Å². The van der Waals surface area contributed by atoms with Crippen LogP contribution in [0.4, 0.5) is 0 Å². The maximum atomic E-state index is 12.4. The molecule has 0 amide bonds. The molecule has 6 heteroatoms. The first kappa shape index (κ1) is 16.8. The number of nitrogens with two attached hydrogens (primary N) is 1. The van der Waals surface area contributed by atoms with E-state index in [2.05, 4.69) is 11.0 Å². The molecule has 1 saturated carbocycles. The molecule has 0 saturated heterocycles. The molecule has 1 aromatic carbocycles. The molecular weight excluding hydrogens is 304 g/mol. The van der Waals surface area contributed by atoms with Crippen molar-refractivity contribution >= 4 is 21.8 Å². The second-order valence-corrected chi connectivity index (χ2v) is 8.37. The van der Waals surface area contributed by atoms with Crippen molar-refractivity contribution in [3.63, 3.8) is 0 Å². The van der Waals surface area contributed by atoms with Crippen molar-refractivity contribution in [2.45, 2.75) is 48.3 Å². The second kappa shape index (κ2) is 7.63. The SMILES string of the molecule is CSC1CCC(NS(=O)(=O)c2ccc(CCN)cc2)CC1. The molecule has 0 aliphatic heterocycles. The third kappa shape index (κ3) is 4.71. The number of nitrogens with one attached hydrogen (secondary N) is 1. The Kier molecular flexibility index (Phi) is 6.10. The van der Waals surface area contributed by atoms with Gasteiger partial charge in [-0.3, -0.25) is 0 Å². The lowest BCUT2D eigenvalue weighted by Gasteiger charge is -2.27. The number of sulfonamides is 1. The van der Waals surface area contributed by atoms with Crippen molar-refractivity contribution in [2.75, 3.05) is 12.8 Å². The van der Waals surface area contributed by atoms with Gasteiger partial charge in [-0.15, -0.1) is 0 Å². The lowest BCUT2D eigenvalue weighted by Crippen LogP contribution is -2.38. The van der Waals surface area contributed by atoms with Gasteiger partial charge in [-0.2, -0.15) is 11.8 Å². The van der Waals surface area contributed by atoms with E-state index in [1.54, 1.807) is 12.1 Å². The summed E-state index contributed by atoms with van der Waals surface area (Å²) in [6.45, 7) is 0.572. The highest BCUT2D eigenvalue weighted by Crippen LogP contribution is 2.27. The van der Waals surface area contributed by atoms with Gasteiger partial charge in [0.15, 0.2) is 0 Å². The third-order valence-corrected chi connectivity index (χ3v) is 6.67. The maximum Gasteiger partial charge on any atom is 0.240 e.